The van der Waals surface area contributed by atoms with E-state index in [1.54, 1.807) is 12.4 Å². The molecule has 0 saturated heterocycles. The molecule has 0 radical (unpaired) electrons. The van der Waals surface area contributed by atoms with E-state index < -0.39 is 0 Å². The molecule has 1 amide bonds. The largest absolute Gasteiger partial charge is 0.352 e. The van der Waals surface area contributed by atoms with E-state index >= 15 is 0 Å². The van der Waals surface area contributed by atoms with Crippen LogP contribution in [0.1, 0.15) is 23.5 Å². The van der Waals surface area contributed by atoms with Gasteiger partial charge in [0.1, 0.15) is 0 Å². The van der Waals surface area contributed by atoms with Gasteiger partial charge in [0.05, 0.1) is 11.9 Å². The van der Waals surface area contributed by atoms with Gasteiger partial charge < -0.3 is 5.32 Å². The number of para-hydroxylation sites is 1. The number of carbonyl (C=O) groups is 1. The van der Waals surface area contributed by atoms with Gasteiger partial charge in [0, 0.05) is 36.6 Å². The Hall–Kier alpha value is -2.95. The smallest absolute Gasteiger partial charge is 0.224 e. The van der Waals surface area contributed by atoms with Crippen LogP contribution < -0.4 is 5.32 Å². The Morgan fingerprint density at radius 1 is 1.17 bits per heavy atom. The molecule has 5 nitrogen and oxygen atoms in total. The lowest BCUT2D eigenvalue weighted by Gasteiger charge is -2.03. The van der Waals surface area contributed by atoms with Crippen LogP contribution in [0.5, 0.6) is 0 Å². The molecule has 1 aromatic carbocycles. The van der Waals surface area contributed by atoms with Crippen molar-refractivity contribution >= 4 is 5.91 Å². The van der Waals surface area contributed by atoms with Crippen molar-refractivity contribution in [3.63, 3.8) is 0 Å². The van der Waals surface area contributed by atoms with Crippen molar-refractivity contribution < 1.29 is 4.79 Å². The van der Waals surface area contributed by atoms with E-state index in [9.17, 15) is 4.79 Å². The molecule has 0 spiro atoms. The topological polar surface area (TPSA) is 59.8 Å². The van der Waals surface area contributed by atoms with Gasteiger partial charge in [-0.3, -0.25) is 9.78 Å². The van der Waals surface area contributed by atoms with Crippen molar-refractivity contribution in [2.24, 2.45) is 5.92 Å². The molecule has 1 aliphatic carbocycles. The minimum atomic E-state index is 0.0679. The Morgan fingerprint density at radius 2 is 2.04 bits per heavy atom. The Kier molecular flexibility index (Phi) is 3.83. The van der Waals surface area contributed by atoms with Gasteiger partial charge in [0.2, 0.25) is 5.91 Å². The lowest BCUT2D eigenvalue weighted by molar-refractivity contribution is -0.122. The van der Waals surface area contributed by atoms with Crippen molar-refractivity contribution in [2.45, 2.75) is 18.9 Å². The minimum absolute atomic E-state index is 0.0679. The average molecular weight is 318 g/mol. The van der Waals surface area contributed by atoms with Crippen molar-refractivity contribution in [3.05, 3.63) is 78.4 Å². The van der Waals surface area contributed by atoms with Crippen LogP contribution in [0.3, 0.4) is 0 Å². The summed E-state index contributed by atoms with van der Waals surface area (Å²) in [5, 5.41) is 7.36. The van der Waals surface area contributed by atoms with Gasteiger partial charge >= 0.3 is 0 Å². The fraction of sp³-hybridized carbons (Fsp3) is 0.211. The second-order valence-electron chi connectivity index (χ2n) is 6.08. The molecule has 2 atom stereocenters. The molecule has 4 rings (SSSR count). The van der Waals surface area contributed by atoms with Crippen LogP contribution in [0.2, 0.25) is 0 Å². The van der Waals surface area contributed by atoms with Gasteiger partial charge in [0.25, 0.3) is 0 Å². The molecule has 2 aromatic heterocycles. The number of amides is 1. The number of benzene rings is 1. The number of hydrogen-bond acceptors (Lipinski definition) is 3. The summed E-state index contributed by atoms with van der Waals surface area (Å²) in [6.07, 6.45) is 8.24. The fourth-order valence-corrected chi connectivity index (χ4v) is 2.94. The van der Waals surface area contributed by atoms with Gasteiger partial charge in [0.15, 0.2) is 0 Å². The molecule has 1 N–H and O–H groups in total. The lowest BCUT2D eigenvalue weighted by atomic mass is 10.1. The Labute approximate surface area is 140 Å². The van der Waals surface area contributed by atoms with Gasteiger partial charge in [-0.15, -0.1) is 0 Å². The maximum Gasteiger partial charge on any atom is 0.224 e. The molecule has 0 aliphatic heterocycles. The second kappa shape index (κ2) is 6.28. The van der Waals surface area contributed by atoms with Crippen LogP contribution >= 0.6 is 0 Å². The SMILES string of the molecule is O=C(NCc1cnn(-c2ccccc2)c1)[C@H]1C[C@@H]1c1cccnc1. The third-order valence-corrected chi connectivity index (χ3v) is 4.36. The Morgan fingerprint density at radius 3 is 2.83 bits per heavy atom. The summed E-state index contributed by atoms with van der Waals surface area (Å²) < 4.78 is 1.82. The molecule has 0 bridgehead atoms. The first-order chi connectivity index (χ1) is 11.8. The number of carbonyl (C=O) groups excluding carboxylic acids is 1. The Balaban J connectivity index is 1.33. The molecule has 2 heterocycles. The fourth-order valence-electron chi connectivity index (χ4n) is 2.94. The molecular formula is C19H18N4O. The van der Waals surface area contributed by atoms with Crippen LogP contribution in [0, 0.1) is 5.92 Å². The lowest BCUT2D eigenvalue weighted by Crippen LogP contribution is -2.24. The molecule has 5 heteroatoms. The molecule has 1 aliphatic rings. The molecule has 1 saturated carbocycles. The second-order valence-corrected chi connectivity index (χ2v) is 6.08. The summed E-state index contributed by atoms with van der Waals surface area (Å²) in [7, 11) is 0. The summed E-state index contributed by atoms with van der Waals surface area (Å²) in [5.74, 6) is 0.487. The summed E-state index contributed by atoms with van der Waals surface area (Å²) in [6.45, 7) is 0.502. The summed E-state index contributed by atoms with van der Waals surface area (Å²) >= 11 is 0. The maximum atomic E-state index is 12.3. The van der Waals surface area contributed by atoms with Crippen molar-refractivity contribution in [1.82, 2.24) is 20.1 Å². The third kappa shape index (κ3) is 3.06. The number of hydrogen-bond donors (Lipinski definition) is 1. The van der Waals surface area contributed by atoms with Crippen LogP contribution in [-0.2, 0) is 11.3 Å². The normalized spacial score (nSPS) is 19.0. The highest BCUT2D eigenvalue weighted by Crippen LogP contribution is 2.47. The first kappa shape index (κ1) is 14.6. The molecular weight excluding hydrogens is 300 g/mol. The van der Waals surface area contributed by atoms with Crippen molar-refractivity contribution in [1.29, 1.82) is 0 Å². The zero-order valence-electron chi connectivity index (χ0n) is 13.2. The highest BCUT2D eigenvalue weighted by atomic mass is 16.2. The highest BCUT2D eigenvalue weighted by Gasteiger charge is 2.43. The average Bonchev–Trinajstić information content (AvgIpc) is 3.31. The van der Waals surface area contributed by atoms with Crippen LogP contribution in [0.15, 0.2) is 67.3 Å². The summed E-state index contributed by atoms with van der Waals surface area (Å²) in [4.78, 5) is 16.4. The van der Waals surface area contributed by atoms with Crippen molar-refractivity contribution in [3.8, 4) is 5.69 Å². The third-order valence-electron chi connectivity index (χ3n) is 4.36. The van der Waals surface area contributed by atoms with E-state index in [0.29, 0.717) is 12.5 Å². The van der Waals surface area contributed by atoms with Crippen molar-refractivity contribution in [2.75, 3.05) is 0 Å². The minimum Gasteiger partial charge on any atom is -0.352 e. The number of rotatable bonds is 5. The number of nitrogens with one attached hydrogen (secondary N) is 1. The number of pyridine rings is 1. The molecule has 0 unspecified atom stereocenters. The van der Waals surface area contributed by atoms with Crippen LogP contribution in [-0.4, -0.2) is 20.7 Å². The van der Waals surface area contributed by atoms with Crippen LogP contribution in [0.25, 0.3) is 5.69 Å². The van der Waals surface area contributed by atoms with E-state index in [1.165, 1.54) is 0 Å². The summed E-state index contributed by atoms with van der Waals surface area (Å²) in [5.41, 5.74) is 3.15. The van der Waals surface area contributed by atoms with Gasteiger partial charge in [-0.25, -0.2) is 4.68 Å². The zero-order chi connectivity index (χ0) is 16.4. The van der Waals surface area contributed by atoms with Gasteiger partial charge in [-0.2, -0.15) is 5.10 Å². The van der Waals surface area contributed by atoms with E-state index in [-0.39, 0.29) is 11.8 Å². The molecule has 1 fully saturated rings. The first-order valence-electron chi connectivity index (χ1n) is 8.08. The Bertz CT molecular complexity index is 829. The van der Waals surface area contributed by atoms with E-state index in [2.05, 4.69) is 15.4 Å². The highest BCUT2D eigenvalue weighted by molar-refractivity contribution is 5.82. The van der Waals surface area contributed by atoms with E-state index in [0.717, 1.165) is 23.2 Å². The predicted molar refractivity (Wildman–Crippen MR) is 90.5 cm³/mol. The van der Waals surface area contributed by atoms with Gasteiger partial charge in [-0.05, 0) is 36.1 Å². The van der Waals surface area contributed by atoms with E-state index in [1.807, 2.05) is 59.5 Å². The van der Waals surface area contributed by atoms with Crippen LogP contribution in [0.4, 0.5) is 0 Å². The molecule has 3 aromatic rings. The predicted octanol–water partition coefficient (Wildman–Crippen LogP) is 2.69. The van der Waals surface area contributed by atoms with Gasteiger partial charge in [-0.1, -0.05) is 24.3 Å². The molecule has 120 valence electrons. The first-order valence-corrected chi connectivity index (χ1v) is 8.08. The molecule has 24 heavy (non-hydrogen) atoms. The zero-order valence-corrected chi connectivity index (χ0v) is 13.2. The van der Waals surface area contributed by atoms with E-state index in [4.69, 9.17) is 0 Å². The summed E-state index contributed by atoms with van der Waals surface area (Å²) in [6, 6.07) is 13.9. The monoisotopic (exact) mass is 318 g/mol. The quantitative estimate of drug-likeness (QED) is 0.787. The number of nitrogens with zero attached hydrogens (tertiary/aromatic N) is 3. The number of aromatic nitrogens is 3. The maximum absolute atomic E-state index is 12.3. The standard InChI is InChI=1S/C19H18N4O/c24-19(18-9-17(18)15-5-4-8-20-12-15)21-10-14-11-22-23(13-14)16-6-2-1-3-7-16/h1-8,11-13,17-18H,9-10H2,(H,21,24)/t17-,18+/m1/s1.